The molecule has 0 aliphatic heterocycles. The molecule has 0 atom stereocenters. The lowest BCUT2D eigenvalue weighted by atomic mass is 10.2. The third-order valence-electron chi connectivity index (χ3n) is 2.38. The van der Waals surface area contributed by atoms with Crippen LogP contribution >= 0.6 is 15.9 Å². The van der Waals surface area contributed by atoms with E-state index in [-0.39, 0.29) is 17.3 Å². The second-order valence-electron chi connectivity index (χ2n) is 3.86. The summed E-state index contributed by atoms with van der Waals surface area (Å²) in [5, 5.41) is 11.0. The summed E-state index contributed by atoms with van der Waals surface area (Å²) in [6.45, 7) is 1.73. The average molecular weight is 324 g/mol. The fourth-order valence-corrected chi connectivity index (χ4v) is 2.10. The summed E-state index contributed by atoms with van der Waals surface area (Å²) >= 11 is 3.22. The molecule has 7 heteroatoms. The summed E-state index contributed by atoms with van der Waals surface area (Å²) in [6.07, 6.45) is 1.43. The number of benzene rings is 1. The van der Waals surface area contributed by atoms with Gasteiger partial charge < -0.3 is 10.5 Å². The molecule has 2 rings (SSSR count). The van der Waals surface area contributed by atoms with Crippen LogP contribution < -0.4 is 10.5 Å². The van der Waals surface area contributed by atoms with E-state index in [9.17, 15) is 10.1 Å². The lowest BCUT2D eigenvalue weighted by Gasteiger charge is -2.09. The van der Waals surface area contributed by atoms with Gasteiger partial charge in [0.2, 0.25) is 11.6 Å². The van der Waals surface area contributed by atoms with Crippen LogP contribution in [-0.4, -0.2) is 9.91 Å². The van der Waals surface area contributed by atoms with Crippen LogP contribution in [0.3, 0.4) is 0 Å². The van der Waals surface area contributed by atoms with Crippen LogP contribution in [0.1, 0.15) is 5.56 Å². The predicted molar refractivity (Wildman–Crippen MR) is 74.3 cm³/mol. The van der Waals surface area contributed by atoms with Gasteiger partial charge in [-0.2, -0.15) is 0 Å². The Morgan fingerprint density at radius 3 is 2.74 bits per heavy atom. The maximum absolute atomic E-state index is 11.0. The minimum Gasteiger partial charge on any atom is -0.432 e. The van der Waals surface area contributed by atoms with Crippen molar-refractivity contribution >= 4 is 27.3 Å². The molecule has 0 amide bonds. The molecule has 19 heavy (non-hydrogen) atoms. The lowest BCUT2D eigenvalue weighted by molar-refractivity contribution is -0.385. The fraction of sp³-hybridized carbons (Fsp3) is 0.0833. The standard InChI is InChI=1S/C12H10BrN3O3/c1-7-4-8(13)5-10(16(17)18)12(7)19-11-3-2-9(14)6-15-11/h2-6H,14H2,1H3. The SMILES string of the molecule is Cc1cc(Br)cc([N+](=O)[O-])c1Oc1ccc(N)cn1. The first-order chi connectivity index (χ1) is 8.97. The predicted octanol–water partition coefficient (Wildman–Crippen LogP) is 3.44. The molecule has 0 fully saturated rings. The minimum atomic E-state index is -0.496. The Bertz CT molecular complexity index is 629. The fourth-order valence-electron chi connectivity index (χ4n) is 1.54. The van der Waals surface area contributed by atoms with E-state index in [4.69, 9.17) is 10.5 Å². The Labute approximate surface area is 117 Å². The van der Waals surface area contributed by atoms with Gasteiger partial charge in [0, 0.05) is 22.2 Å². The van der Waals surface area contributed by atoms with Crippen molar-refractivity contribution in [1.29, 1.82) is 0 Å². The van der Waals surface area contributed by atoms with Gasteiger partial charge >= 0.3 is 5.69 Å². The summed E-state index contributed by atoms with van der Waals surface area (Å²) in [5.41, 5.74) is 6.53. The van der Waals surface area contributed by atoms with E-state index in [1.165, 1.54) is 12.3 Å². The van der Waals surface area contributed by atoms with E-state index in [1.54, 1.807) is 25.1 Å². The largest absolute Gasteiger partial charge is 0.432 e. The topological polar surface area (TPSA) is 91.3 Å². The number of nitrogens with zero attached hydrogens (tertiary/aromatic N) is 2. The number of aromatic nitrogens is 1. The number of pyridine rings is 1. The van der Waals surface area contributed by atoms with Crippen molar-refractivity contribution in [1.82, 2.24) is 4.98 Å². The molecule has 0 saturated carbocycles. The van der Waals surface area contributed by atoms with Crippen molar-refractivity contribution in [3.8, 4) is 11.6 Å². The third-order valence-corrected chi connectivity index (χ3v) is 2.84. The number of aryl methyl sites for hydroxylation is 1. The zero-order valence-corrected chi connectivity index (χ0v) is 11.5. The summed E-state index contributed by atoms with van der Waals surface area (Å²) in [6, 6.07) is 6.29. The van der Waals surface area contributed by atoms with Crippen molar-refractivity contribution in [2.45, 2.75) is 6.92 Å². The maximum atomic E-state index is 11.0. The molecular formula is C12H10BrN3O3. The molecule has 0 radical (unpaired) electrons. The van der Waals surface area contributed by atoms with Crippen molar-refractivity contribution in [3.05, 3.63) is 50.6 Å². The minimum absolute atomic E-state index is 0.120. The van der Waals surface area contributed by atoms with Gasteiger partial charge in [-0.15, -0.1) is 0 Å². The first kappa shape index (κ1) is 13.3. The summed E-state index contributed by atoms with van der Waals surface area (Å²) in [4.78, 5) is 14.5. The van der Waals surface area contributed by atoms with Crippen LogP contribution in [0.2, 0.25) is 0 Å². The van der Waals surface area contributed by atoms with Crippen LogP contribution in [-0.2, 0) is 0 Å². The van der Waals surface area contributed by atoms with Crippen LogP contribution in [0.15, 0.2) is 34.9 Å². The van der Waals surface area contributed by atoms with Gasteiger partial charge in [0.25, 0.3) is 0 Å². The summed E-state index contributed by atoms with van der Waals surface area (Å²) in [7, 11) is 0. The quantitative estimate of drug-likeness (QED) is 0.690. The molecule has 0 spiro atoms. The molecule has 0 bridgehead atoms. The van der Waals surface area contributed by atoms with Crippen molar-refractivity contribution in [2.75, 3.05) is 5.73 Å². The zero-order valence-electron chi connectivity index (χ0n) is 9.96. The molecule has 0 saturated heterocycles. The molecule has 1 aromatic carbocycles. The first-order valence-electron chi connectivity index (χ1n) is 5.31. The second-order valence-corrected chi connectivity index (χ2v) is 4.78. The van der Waals surface area contributed by atoms with E-state index in [1.807, 2.05) is 0 Å². The number of halogens is 1. The van der Waals surface area contributed by atoms with Gasteiger partial charge in [0.05, 0.1) is 16.8 Å². The number of hydrogen-bond donors (Lipinski definition) is 1. The van der Waals surface area contributed by atoms with Crippen molar-refractivity contribution < 1.29 is 9.66 Å². The maximum Gasteiger partial charge on any atom is 0.313 e. The van der Waals surface area contributed by atoms with Gasteiger partial charge in [-0.1, -0.05) is 15.9 Å². The van der Waals surface area contributed by atoms with Crippen LogP contribution in [0.4, 0.5) is 11.4 Å². The number of ether oxygens (including phenoxy) is 1. The number of rotatable bonds is 3. The number of hydrogen-bond acceptors (Lipinski definition) is 5. The number of anilines is 1. The molecule has 0 aliphatic carbocycles. The van der Waals surface area contributed by atoms with Gasteiger partial charge in [-0.3, -0.25) is 10.1 Å². The smallest absolute Gasteiger partial charge is 0.313 e. The molecule has 0 unspecified atom stereocenters. The number of nitro groups is 1. The molecule has 1 heterocycles. The van der Waals surface area contributed by atoms with Crippen molar-refractivity contribution in [3.63, 3.8) is 0 Å². The normalized spacial score (nSPS) is 10.2. The average Bonchev–Trinajstić information content (AvgIpc) is 2.34. The Kier molecular flexibility index (Phi) is 3.66. The van der Waals surface area contributed by atoms with Gasteiger partial charge in [-0.05, 0) is 19.1 Å². The van der Waals surface area contributed by atoms with Crippen LogP contribution in [0.25, 0.3) is 0 Å². The van der Waals surface area contributed by atoms with E-state index >= 15 is 0 Å². The van der Waals surface area contributed by atoms with Crippen molar-refractivity contribution in [2.24, 2.45) is 0 Å². The third kappa shape index (κ3) is 3.00. The van der Waals surface area contributed by atoms with Gasteiger partial charge in [-0.25, -0.2) is 4.98 Å². The van der Waals surface area contributed by atoms with Gasteiger partial charge in [0.1, 0.15) is 0 Å². The molecule has 2 N–H and O–H groups in total. The molecule has 2 aromatic rings. The number of nitrogens with two attached hydrogens (primary N) is 1. The van der Waals surface area contributed by atoms with E-state index in [2.05, 4.69) is 20.9 Å². The number of nitro benzene ring substituents is 1. The van der Waals surface area contributed by atoms with E-state index in [0.29, 0.717) is 15.7 Å². The molecule has 6 nitrogen and oxygen atoms in total. The monoisotopic (exact) mass is 323 g/mol. The zero-order chi connectivity index (χ0) is 14.0. The highest BCUT2D eigenvalue weighted by atomic mass is 79.9. The van der Waals surface area contributed by atoms with Crippen LogP contribution in [0, 0.1) is 17.0 Å². The summed E-state index contributed by atoms with van der Waals surface area (Å²) < 4.78 is 6.10. The second kappa shape index (κ2) is 5.23. The highest BCUT2D eigenvalue weighted by Crippen LogP contribution is 2.36. The molecule has 1 aromatic heterocycles. The van der Waals surface area contributed by atoms with E-state index in [0.717, 1.165) is 0 Å². The van der Waals surface area contributed by atoms with E-state index < -0.39 is 4.92 Å². The number of nitrogen functional groups attached to an aromatic ring is 1. The van der Waals surface area contributed by atoms with Gasteiger partial charge in [0.15, 0.2) is 0 Å². The first-order valence-corrected chi connectivity index (χ1v) is 6.10. The lowest BCUT2D eigenvalue weighted by Crippen LogP contribution is -1.97. The highest BCUT2D eigenvalue weighted by Gasteiger charge is 2.20. The highest BCUT2D eigenvalue weighted by molar-refractivity contribution is 9.10. The van der Waals surface area contributed by atoms with Crippen LogP contribution in [0.5, 0.6) is 11.6 Å². The molecule has 0 aliphatic rings. The Morgan fingerprint density at radius 1 is 1.42 bits per heavy atom. The summed E-state index contributed by atoms with van der Waals surface area (Å²) in [5.74, 6) is 0.424. The Morgan fingerprint density at radius 2 is 2.16 bits per heavy atom. The molecule has 98 valence electrons. The Hall–Kier alpha value is -2.15. The Balaban J connectivity index is 2.44. The molecular weight excluding hydrogens is 314 g/mol.